The average Bonchev–Trinajstić information content (AvgIpc) is 2.78. The summed E-state index contributed by atoms with van der Waals surface area (Å²) in [4.78, 5) is 10.3. The molecular formula is C20H27N5O5S2. The molecular weight excluding hydrogens is 454 g/mol. The number of anilines is 1. The van der Waals surface area contributed by atoms with E-state index in [0.717, 1.165) is 17.4 Å². The molecule has 174 valence electrons. The Morgan fingerprint density at radius 2 is 1.81 bits per heavy atom. The number of methoxy groups -OCH3 is 1. The molecule has 2 aromatic rings. The number of nitro groups is 1. The SMILES string of the molecule is CCN(CC)S(=O)(=O)c1cc([N+](=O)[O-])ccc1NNC(=S)NCCc1ccc(OC)cc1. The van der Waals surface area contributed by atoms with Crippen molar-refractivity contribution >= 4 is 38.7 Å². The summed E-state index contributed by atoms with van der Waals surface area (Å²) in [7, 11) is -2.33. The first kappa shape index (κ1) is 25.3. The van der Waals surface area contributed by atoms with Crippen molar-refractivity contribution in [1.82, 2.24) is 15.0 Å². The van der Waals surface area contributed by atoms with Gasteiger partial charge in [0.1, 0.15) is 10.6 Å². The van der Waals surface area contributed by atoms with Crippen LogP contribution in [0.15, 0.2) is 47.4 Å². The molecule has 3 N–H and O–H groups in total. The lowest BCUT2D eigenvalue weighted by molar-refractivity contribution is -0.385. The van der Waals surface area contributed by atoms with E-state index in [1.54, 1.807) is 21.0 Å². The fraction of sp³-hybridized carbons (Fsp3) is 0.350. The lowest BCUT2D eigenvalue weighted by atomic mass is 10.1. The Morgan fingerprint density at radius 1 is 1.16 bits per heavy atom. The maximum atomic E-state index is 13.0. The molecule has 32 heavy (non-hydrogen) atoms. The normalized spacial score (nSPS) is 11.1. The van der Waals surface area contributed by atoms with Gasteiger partial charge in [-0.2, -0.15) is 4.31 Å². The lowest BCUT2D eigenvalue weighted by Gasteiger charge is -2.21. The molecule has 0 fully saturated rings. The van der Waals surface area contributed by atoms with Crippen molar-refractivity contribution in [2.45, 2.75) is 25.2 Å². The van der Waals surface area contributed by atoms with Gasteiger partial charge in [-0.1, -0.05) is 26.0 Å². The van der Waals surface area contributed by atoms with Gasteiger partial charge in [-0.25, -0.2) is 8.42 Å². The van der Waals surface area contributed by atoms with Crippen molar-refractivity contribution in [1.29, 1.82) is 0 Å². The van der Waals surface area contributed by atoms with Crippen molar-refractivity contribution in [2.75, 3.05) is 32.2 Å². The number of rotatable bonds is 11. The predicted octanol–water partition coefficient (Wildman–Crippen LogP) is 2.67. The van der Waals surface area contributed by atoms with Gasteiger partial charge in [0.25, 0.3) is 5.69 Å². The van der Waals surface area contributed by atoms with Crippen LogP contribution in [0.2, 0.25) is 0 Å². The maximum absolute atomic E-state index is 13.0. The number of hydrazine groups is 1. The van der Waals surface area contributed by atoms with E-state index in [9.17, 15) is 18.5 Å². The molecule has 0 radical (unpaired) electrons. The summed E-state index contributed by atoms with van der Waals surface area (Å²) in [5.74, 6) is 0.779. The van der Waals surface area contributed by atoms with Gasteiger partial charge in [0.05, 0.1) is 17.7 Å². The van der Waals surface area contributed by atoms with E-state index in [2.05, 4.69) is 16.2 Å². The third kappa shape index (κ3) is 6.52. The summed E-state index contributed by atoms with van der Waals surface area (Å²) in [6.07, 6.45) is 0.713. The number of non-ortho nitro benzene ring substituents is 1. The van der Waals surface area contributed by atoms with E-state index in [1.807, 2.05) is 24.3 Å². The Bertz CT molecular complexity index is 1040. The molecule has 0 aliphatic rings. The van der Waals surface area contributed by atoms with Crippen molar-refractivity contribution in [2.24, 2.45) is 0 Å². The van der Waals surface area contributed by atoms with Gasteiger partial charge in [0.2, 0.25) is 10.0 Å². The monoisotopic (exact) mass is 481 g/mol. The van der Waals surface area contributed by atoms with Gasteiger partial charge in [-0.3, -0.25) is 21.0 Å². The minimum atomic E-state index is -3.94. The standard InChI is InChI=1S/C20H27N5O5S2/c1-4-24(5-2)32(28,29)19-14-16(25(26)27)8-11-18(19)22-23-20(31)21-13-12-15-6-9-17(30-3)10-7-15/h6-11,14,22H,4-5,12-13H2,1-3H3,(H2,21,23,31). The molecule has 0 aliphatic heterocycles. The summed E-state index contributed by atoms with van der Waals surface area (Å²) in [6.45, 7) is 4.42. The van der Waals surface area contributed by atoms with Crippen LogP contribution >= 0.6 is 12.2 Å². The smallest absolute Gasteiger partial charge is 0.270 e. The fourth-order valence-electron chi connectivity index (χ4n) is 2.92. The summed E-state index contributed by atoms with van der Waals surface area (Å²) in [5.41, 5.74) is 6.42. The number of nitrogens with one attached hydrogen (secondary N) is 3. The molecule has 12 heteroatoms. The zero-order valence-corrected chi connectivity index (χ0v) is 19.8. The molecule has 0 aliphatic carbocycles. The van der Waals surface area contributed by atoms with Gasteiger partial charge in [0, 0.05) is 31.8 Å². The second kappa shape index (κ2) is 11.6. The van der Waals surface area contributed by atoms with Crippen molar-refractivity contribution < 1.29 is 18.1 Å². The minimum absolute atomic E-state index is 0.154. The quantitative estimate of drug-likeness (QED) is 0.252. The maximum Gasteiger partial charge on any atom is 0.270 e. The summed E-state index contributed by atoms with van der Waals surface area (Å²) < 4.78 is 32.3. The topological polar surface area (TPSA) is 126 Å². The Kier molecular flexibility index (Phi) is 9.17. The Hall–Kier alpha value is -2.96. The molecule has 0 unspecified atom stereocenters. The molecule has 2 aromatic carbocycles. The number of nitro benzene ring substituents is 1. The van der Waals surface area contributed by atoms with E-state index in [1.165, 1.54) is 16.4 Å². The third-order valence-corrected chi connectivity index (χ3v) is 7.00. The van der Waals surface area contributed by atoms with E-state index in [0.29, 0.717) is 13.0 Å². The number of hydrogen-bond donors (Lipinski definition) is 3. The highest BCUT2D eigenvalue weighted by Crippen LogP contribution is 2.28. The summed E-state index contributed by atoms with van der Waals surface area (Å²) in [6, 6.07) is 11.3. The van der Waals surface area contributed by atoms with Crippen molar-refractivity contribution in [3.63, 3.8) is 0 Å². The van der Waals surface area contributed by atoms with Gasteiger partial charge >= 0.3 is 0 Å². The lowest BCUT2D eigenvalue weighted by Crippen LogP contribution is -2.40. The van der Waals surface area contributed by atoms with Crippen LogP contribution in [0.3, 0.4) is 0 Å². The van der Waals surface area contributed by atoms with Crippen molar-refractivity contribution in [3.8, 4) is 5.75 Å². The van der Waals surface area contributed by atoms with Crippen LogP contribution in [0.4, 0.5) is 11.4 Å². The molecule has 0 spiro atoms. The Balaban J connectivity index is 2.06. The van der Waals surface area contributed by atoms with Crippen LogP contribution < -0.4 is 20.9 Å². The number of sulfonamides is 1. The first-order chi connectivity index (χ1) is 15.2. The number of nitrogens with zero attached hydrogens (tertiary/aromatic N) is 2. The Morgan fingerprint density at radius 3 is 2.38 bits per heavy atom. The molecule has 10 nitrogen and oxygen atoms in total. The molecule has 0 aromatic heterocycles. The molecule has 0 amide bonds. The van der Waals surface area contributed by atoms with Gasteiger partial charge in [-0.15, -0.1) is 0 Å². The van der Waals surface area contributed by atoms with Gasteiger partial charge in [0.15, 0.2) is 5.11 Å². The van der Waals surface area contributed by atoms with Crippen LogP contribution in [0.1, 0.15) is 19.4 Å². The molecule has 0 saturated heterocycles. The van der Waals surface area contributed by atoms with Gasteiger partial charge < -0.3 is 10.1 Å². The van der Waals surface area contributed by atoms with E-state index >= 15 is 0 Å². The number of ether oxygens (including phenoxy) is 1. The minimum Gasteiger partial charge on any atom is -0.497 e. The first-order valence-electron chi connectivity index (χ1n) is 9.94. The highest BCUT2D eigenvalue weighted by molar-refractivity contribution is 7.89. The number of thiocarbonyl (C=S) groups is 1. The van der Waals surface area contributed by atoms with E-state index in [4.69, 9.17) is 17.0 Å². The third-order valence-electron chi connectivity index (χ3n) is 4.67. The van der Waals surface area contributed by atoms with Crippen molar-refractivity contribution in [3.05, 3.63) is 58.1 Å². The van der Waals surface area contributed by atoms with Crippen LogP contribution in [-0.2, 0) is 16.4 Å². The number of hydrogen-bond acceptors (Lipinski definition) is 7. The predicted molar refractivity (Wildman–Crippen MR) is 127 cm³/mol. The summed E-state index contributed by atoms with van der Waals surface area (Å²) >= 11 is 5.24. The molecule has 0 heterocycles. The second-order valence-corrected chi connectivity index (χ2v) is 8.95. The van der Waals surface area contributed by atoms with Crippen LogP contribution in [0.5, 0.6) is 5.75 Å². The van der Waals surface area contributed by atoms with Crippen LogP contribution in [0, 0.1) is 10.1 Å². The number of benzene rings is 2. The van der Waals surface area contributed by atoms with Crippen LogP contribution in [0.25, 0.3) is 0 Å². The molecule has 0 saturated carbocycles. The van der Waals surface area contributed by atoms with Gasteiger partial charge in [-0.05, 0) is 42.4 Å². The van der Waals surface area contributed by atoms with E-state index < -0.39 is 14.9 Å². The highest BCUT2D eigenvalue weighted by Gasteiger charge is 2.27. The first-order valence-corrected chi connectivity index (χ1v) is 11.8. The zero-order chi connectivity index (χ0) is 23.7. The van der Waals surface area contributed by atoms with Crippen LogP contribution in [-0.4, -0.2) is 49.5 Å². The van der Waals surface area contributed by atoms with E-state index in [-0.39, 0.29) is 34.5 Å². The zero-order valence-electron chi connectivity index (χ0n) is 18.1. The second-order valence-electron chi connectivity index (χ2n) is 6.63. The molecule has 0 atom stereocenters. The summed E-state index contributed by atoms with van der Waals surface area (Å²) in [5, 5.41) is 14.4. The Labute approximate surface area is 193 Å². The average molecular weight is 482 g/mol. The molecule has 2 rings (SSSR count). The highest BCUT2D eigenvalue weighted by atomic mass is 32.2. The largest absolute Gasteiger partial charge is 0.497 e. The molecule has 0 bridgehead atoms. The fourth-order valence-corrected chi connectivity index (χ4v) is 4.70.